The zero-order chi connectivity index (χ0) is 27.5. The van der Waals surface area contributed by atoms with Gasteiger partial charge < -0.3 is 14.7 Å². The summed E-state index contributed by atoms with van der Waals surface area (Å²) >= 11 is 0. The molecule has 6 rings (SSSR count). The number of carbonyl (C=O) groups is 1. The highest BCUT2D eigenvalue weighted by Gasteiger charge is 2.63. The molecule has 39 heavy (non-hydrogen) atoms. The van der Waals surface area contributed by atoms with Gasteiger partial charge in [-0.2, -0.15) is 0 Å². The summed E-state index contributed by atoms with van der Waals surface area (Å²) in [7, 11) is 0. The lowest BCUT2D eigenvalue weighted by molar-refractivity contribution is -0.114. The molecule has 5 aliphatic rings. The van der Waals surface area contributed by atoms with Gasteiger partial charge in [0.15, 0.2) is 5.78 Å². The Balaban J connectivity index is 1.50. The number of hydrogen-bond donors (Lipinski definition) is 1. The van der Waals surface area contributed by atoms with Crippen molar-refractivity contribution in [2.24, 2.45) is 23.2 Å². The van der Waals surface area contributed by atoms with Gasteiger partial charge in [-0.25, -0.2) is 8.78 Å². The average molecular weight is 536 g/mol. The molecule has 0 amide bonds. The highest BCUT2D eigenvalue weighted by atomic mass is 19.1. The van der Waals surface area contributed by atoms with Crippen LogP contribution >= 0.6 is 0 Å². The number of carbonyl (C=O) groups excluding carboxylic acids is 1. The van der Waals surface area contributed by atoms with Gasteiger partial charge in [-0.1, -0.05) is 38.2 Å². The first-order valence-corrected chi connectivity index (χ1v) is 14.6. The lowest BCUT2D eigenvalue weighted by Crippen LogP contribution is -2.51. The Morgan fingerprint density at radius 2 is 1.82 bits per heavy atom. The second-order valence-corrected chi connectivity index (χ2v) is 12.7. The van der Waals surface area contributed by atoms with Crippen LogP contribution in [0.2, 0.25) is 0 Å². The molecule has 1 saturated heterocycles. The van der Waals surface area contributed by atoms with E-state index >= 15 is 8.78 Å². The number of morpholine rings is 1. The monoisotopic (exact) mass is 535 g/mol. The van der Waals surface area contributed by atoms with Crippen molar-refractivity contribution in [2.75, 3.05) is 31.2 Å². The molecule has 4 aliphatic carbocycles. The van der Waals surface area contributed by atoms with E-state index in [9.17, 15) is 9.90 Å². The SMILES string of the molecule is CC(C)C#C[C@]1(O)CC[C@H]2[C@@H]3CCC4=CC(=O)CCC4=C3[C@@H](c3c(F)cc(N4CCOCC4)cc3F)C[C@@]21C. The van der Waals surface area contributed by atoms with Gasteiger partial charge >= 0.3 is 0 Å². The van der Waals surface area contributed by atoms with E-state index in [1.807, 2.05) is 18.7 Å². The number of aliphatic hydroxyl groups is 1. The largest absolute Gasteiger partial charge is 0.378 e. The summed E-state index contributed by atoms with van der Waals surface area (Å²) in [6.07, 6.45) is 6.30. The van der Waals surface area contributed by atoms with Crippen molar-refractivity contribution in [3.05, 3.63) is 52.1 Å². The number of anilines is 1. The molecule has 4 nitrogen and oxygen atoms in total. The molecule has 1 aromatic rings. The maximum Gasteiger partial charge on any atom is 0.156 e. The Kier molecular flexibility index (Phi) is 6.75. The highest BCUT2D eigenvalue weighted by Crippen LogP contribution is 2.67. The molecule has 0 spiro atoms. The summed E-state index contributed by atoms with van der Waals surface area (Å²) in [6.45, 7) is 8.39. The summed E-state index contributed by atoms with van der Waals surface area (Å²) in [4.78, 5) is 14.3. The third-order valence-electron chi connectivity index (χ3n) is 10.2. The van der Waals surface area contributed by atoms with E-state index in [4.69, 9.17) is 4.74 Å². The molecule has 1 heterocycles. The van der Waals surface area contributed by atoms with Crippen LogP contribution in [0.15, 0.2) is 34.9 Å². The Bertz CT molecular complexity index is 1290. The maximum atomic E-state index is 16.1. The summed E-state index contributed by atoms with van der Waals surface area (Å²) in [6, 6.07) is 2.95. The van der Waals surface area contributed by atoms with E-state index in [-0.39, 0.29) is 29.1 Å². The van der Waals surface area contributed by atoms with Crippen LogP contribution in [0, 0.1) is 46.6 Å². The minimum absolute atomic E-state index is 0.100. The molecule has 1 N–H and O–H groups in total. The van der Waals surface area contributed by atoms with Gasteiger partial charge in [-0.3, -0.25) is 4.79 Å². The van der Waals surface area contributed by atoms with Crippen molar-refractivity contribution in [3.63, 3.8) is 0 Å². The Morgan fingerprint density at radius 1 is 1.10 bits per heavy atom. The molecule has 0 bridgehead atoms. The van der Waals surface area contributed by atoms with Crippen molar-refractivity contribution in [2.45, 2.75) is 77.2 Å². The molecule has 1 aromatic carbocycles. The van der Waals surface area contributed by atoms with Crippen LogP contribution in [0.3, 0.4) is 0 Å². The smallest absolute Gasteiger partial charge is 0.156 e. The fourth-order valence-electron chi connectivity index (χ4n) is 8.30. The molecule has 0 radical (unpaired) electrons. The van der Waals surface area contributed by atoms with Gasteiger partial charge in [-0.15, -0.1) is 0 Å². The first kappa shape index (κ1) is 26.7. The second kappa shape index (κ2) is 9.85. The number of ketones is 1. The Hall–Kier alpha value is -2.49. The summed E-state index contributed by atoms with van der Waals surface area (Å²) in [5.74, 6) is 5.42. The third kappa shape index (κ3) is 4.37. The molecular formula is C33H39F2NO3. The number of halogens is 2. The van der Waals surface area contributed by atoms with Crippen LogP contribution in [0.4, 0.5) is 14.5 Å². The standard InChI is InChI=1S/C33H39F2NO3/c1-20(2)8-10-33(38)11-9-27-25-6-4-21-16-23(37)5-7-24(21)30(25)26(19-32(27,33)3)31-28(34)17-22(18-29(31)35)36-12-14-39-15-13-36/h16-18,20,25-27,38H,4-7,9,11-15,19H2,1-3H3/t25-,26-,27-,32-,33-/m0/s1. The zero-order valence-electron chi connectivity index (χ0n) is 23.3. The summed E-state index contributed by atoms with van der Waals surface area (Å²) in [5.41, 5.74) is 2.14. The van der Waals surface area contributed by atoms with Crippen LogP contribution in [-0.4, -0.2) is 42.8 Å². The van der Waals surface area contributed by atoms with Crippen LogP contribution < -0.4 is 4.90 Å². The van der Waals surface area contributed by atoms with Crippen molar-refractivity contribution in [1.29, 1.82) is 0 Å². The first-order valence-electron chi connectivity index (χ1n) is 14.6. The first-order chi connectivity index (χ1) is 18.6. The van der Waals surface area contributed by atoms with E-state index in [1.54, 1.807) is 6.08 Å². The highest BCUT2D eigenvalue weighted by molar-refractivity contribution is 5.93. The number of nitrogens with zero attached hydrogens (tertiary/aromatic N) is 1. The third-order valence-corrected chi connectivity index (χ3v) is 10.2. The van der Waals surface area contributed by atoms with Gasteiger partial charge in [0.25, 0.3) is 0 Å². The normalized spacial score (nSPS) is 34.2. The quantitative estimate of drug-likeness (QED) is 0.466. The molecular weight excluding hydrogens is 496 g/mol. The average Bonchev–Trinajstić information content (AvgIpc) is 3.17. The number of rotatable bonds is 2. The number of benzene rings is 1. The number of ether oxygens (including phenoxy) is 1. The van der Waals surface area contributed by atoms with E-state index in [0.717, 1.165) is 36.0 Å². The minimum Gasteiger partial charge on any atom is -0.378 e. The molecule has 0 aromatic heterocycles. The van der Waals surface area contributed by atoms with E-state index in [2.05, 4.69) is 18.8 Å². The maximum absolute atomic E-state index is 16.1. The lowest BCUT2D eigenvalue weighted by atomic mass is 9.51. The van der Waals surface area contributed by atoms with Gasteiger partial charge in [0.05, 0.1) is 13.2 Å². The van der Waals surface area contributed by atoms with Gasteiger partial charge in [0.2, 0.25) is 0 Å². The summed E-state index contributed by atoms with van der Waals surface area (Å²) < 4.78 is 37.7. The van der Waals surface area contributed by atoms with E-state index in [1.165, 1.54) is 12.1 Å². The van der Waals surface area contributed by atoms with Gasteiger partial charge in [0.1, 0.15) is 17.2 Å². The predicted octanol–water partition coefficient (Wildman–Crippen LogP) is 6.09. The lowest BCUT2D eigenvalue weighted by Gasteiger charge is -2.53. The molecule has 5 atom stereocenters. The van der Waals surface area contributed by atoms with Crippen molar-refractivity contribution in [3.8, 4) is 11.8 Å². The predicted molar refractivity (Wildman–Crippen MR) is 147 cm³/mol. The van der Waals surface area contributed by atoms with Crippen LogP contribution in [0.5, 0.6) is 0 Å². The van der Waals surface area contributed by atoms with Gasteiger partial charge in [-0.05, 0) is 79.7 Å². The minimum atomic E-state index is -1.20. The molecule has 208 valence electrons. The molecule has 3 fully saturated rings. The van der Waals surface area contributed by atoms with E-state index in [0.29, 0.717) is 57.7 Å². The van der Waals surface area contributed by atoms with Crippen LogP contribution in [0.25, 0.3) is 0 Å². The molecule has 6 heteroatoms. The van der Waals surface area contributed by atoms with Crippen LogP contribution in [0.1, 0.15) is 77.2 Å². The van der Waals surface area contributed by atoms with Crippen molar-refractivity contribution < 1.29 is 23.4 Å². The topological polar surface area (TPSA) is 49.8 Å². The molecule has 2 saturated carbocycles. The fraction of sp³-hybridized carbons (Fsp3) is 0.606. The molecule has 0 unspecified atom stereocenters. The summed E-state index contributed by atoms with van der Waals surface area (Å²) in [5, 5.41) is 12.0. The number of allylic oxidation sites excluding steroid dienone is 4. The number of fused-ring (bicyclic) bond motifs is 4. The van der Waals surface area contributed by atoms with Crippen molar-refractivity contribution in [1.82, 2.24) is 0 Å². The van der Waals surface area contributed by atoms with Crippen LogP contribution in [-0.2, 0) is 9.53 Å². The Labute approximate surface area is 230 Å². The number of hydrogen-bond acceptors (Lipinski definition) is 4. The fourth-order valence-corrected chi connectivity index (χ4v) is 8.30. The molecule has 1 aliphatic heterocycles. The zero-order valence-corrected chi connectivity index (χ0v) is 23.3. The second-order valence-electron chi connectivity index (χ2n) is 12.7. The van der Waals surface area contributed by atoms with Crippen molar-refractivity contribution >= 4 is 11.5 Å². The van der Waals surface area contributed by atoms with E-state index < -0.39 is 28.6 Å². The Morgan fingerprint density at radius 3 is 2.51 bits per heavy atom. The van der Waals surface area contributed by atoms with Gasteiger partial charge in [0, 0.05) is 48.0 Å².